The highest BCUT2D eigenvalue weighted by Gasteiger charge is 2.22. The Labute approximate surface area is 125 Å². The molecule has 1 rings (SSSR count). The molecule has 1 unspecified atom stereocenters. The number of carbonyl (C=O) groups is 1. The molecular weight excluding hydrogens is 273 g/mol. The van der Waals surface area contributed by atoms with Crippen molar-refractivity contribution in [2.45, 2.75) is 19.4 Å². The molecule has 4 nitrogen and oxygen atoms in total. The first-order valence-corrected chi connectivity index (χ1v) is 7.12. The van der Waals surface area contributed by atoms with Gasteiger partial charge in [0.25, 0.3) is 0 Å². The van der Waals surface area contributed by atoms with Crippen molar-refractivity contribution in [1.82, 2.24) is 4.90 Å². The highest BCUT2D eigenvalue weighted by atomic mass is 19.1. The normalized spacial score (nSPS) is 12.6. The fraction of sp³-hybridized carbons (Fsp3) is 0.562. The van der Waals surface area contributed by atoms with E-state index in [4.69, 9.17) is 9.47 Å². The second-order valence-electron chi connectivity index (χ2n) is 4.92. The van der Waals surface area contributed by atoms with E-state index >= 15 is 0 Å². The zero-order chi connectivity index (χ0) is 15.7. The fourth-order valence-electron chi connectivity index (χ4n) is 2.14. The van der Waals surface area contributed by atoms with Crippen molar-refractivity contribution in [3.8, 4) is 0 Å². The van der Waals surface area contributed by atoms with E-state index in [1.165, 1.54) is 24.3 Å². The molecule has 5 heteroatoms. The van der Waals surface area contributed by atoms with E-state index in [1.807, 2.05) is 6.92 Å². The summed E-state index contributed by atoms with van der Waals surface area (Å²) in [5.41, 5.74) is 0.526. The molecule has 0 bridgehead atoms. The van der Waals surface area contributed by atoms with Crippen LogP contribution in [0, 0.1) is 5.82 Å². The average Bonchev–Trinajstić information content (AvgIpc) is 2.50. The number of carbonyl (C=O) groups excluding carboxylic acids is 1. The third kappa shape index (κ3) is 5.91. The highest BCUT2D eigenvalue weighted by molar-refractivity contribution is 5.99. The van der Waals surface area contributed by atoms with Gasteiger partial charge in [0.05, 0.1) is 12.6 Å². The summed E-state index contributed by atoms with van der Waals surface area (Å²) in [6.45, 7) is 4.52. The molecule has 118 valence electrons. The van der Waals surface area contributed by atoms with Gasteiger partial charge in [0.1, 0.15) is 5.82 Å². The van der Waals surface area contributed by atoms with E-state index in [2.05, 4.69) is 4.90 Å². The van der Waals surface area contributed by atoms with E-state index in [1.54, 1.807) is 14.2 Å². The Morgan fingerprint density at radius 3 is 2.33 bits per heavy atom. The van der Waals surface area contributed by atoms with Gasteiger partial charge in [-0.15, -0.1) is 0 Å². The number of ether oxygens (including phenoxy) is 2. The van der Waals surface area contributed by atoms with E-state index < -0.39 is 0 Å². The second-order valence-corrected chi connectivity index (χ2v) is 4.92. The van der Waals surface area contributed by atoms with Crippen LogP contribution in [0.3, 0.4) is 0 Å². The molecule has 0 spiro atoms. The van der Waals surface area contributed by atoms with Crippen LogP contribution in [0.2, 0.25) is 0 Å². The van der Waals surface area contributed by atoms with Crippen LogP contribution in [-0.4, -0.2) is 57.2 Å². The average molecular weight is 297 g/mol. The van der Waals surface area contributed by atoms with Gasteiger partial charge in [0.15, 0.2) is 5.78 Å². The molecule has 21 heavy (non-hydrogen) atoms. The van der Waals surface area contributed by atoms with Crippen molar-refractivity contribution in [3.63, 3.8) is 0 Å². The first-order chi connectivity index (χ1) is 10.1. The molecule has 1 atom stereocenters. The smallest absolute Gasteiger partial charge is 0.179 e. The molecule has 0 fully saturated rings. The van der Waals surface area contributed by atoms with Gasteiger partial charge in [-0.2, -0.15) is 0 Å². The zero-order valence-electron chi connectivity index (χ0n) is 13.0. The minimum Gasteiger partial charge on any atom is -0.385 e. The molecule has 0 radical (unpaired) electrons. The number of methoxy groups -OCH3 is 2. The van der Waals surface area contributed by atoms with Crippen molar-refractivity contribution in [1.29, 1.82) is 0 Å². The van der Waals surface area contributed by atoms with Gasteiger partial charge in [0, 0.05) is 39.5 Å². The van der Waals surface area contributed by atoms with E-state index in [0.717, 1.165) is 13.0 Å². The number of halogens is 1. The maximum absolute atomic E-state index is 12.9. The van der Waals surface area contributed by atoms with Crippen molar-refractivity contribution in [2.24, 2.45) is 0 Å². The maximum Gasteiger partial charge on any atom is 0.179 e. The van der Waals surface area contributed by atoms with Gasteiger partial charge >= 0.3 is 0 Å². The summed E-state index contributed by atoms with van der Waals surface area (Å²) in [5, 5.41) is 0. The number of Topliss-reactive ketones (excluding diaryl/α,β-unsaturated/α-hetero) is 1. The number of nitrogens with zero attached hydrogens (tertiary/aromatic N) is 1. The topological polar surface area (TPSA) is 38.8 Å². The predicted octanol–water partition coefficient (Wildman–Crippen LogP) is 2.38. The van der Waals surface area contributed by atoms with Gasteiger partial charge in [-0.1, -0.05) is 0 Å². The molecule has 0 aliphatic heterocycles. The summed E-state index contributed by atoms with van der Waals surface area (Å²) in [7, 11) is 3.30. The molecule has 0 saturated heterocycles. The van der Waals surface area contributed by atoms with Crippen molar-refractivity contribution < 1.29 is 18.7 Å². The minimum absolute atomic E-state index is 0.0106. The third-order valence-electron chi connectivity index (χ3n) is 3.43. The molecule has 0 heterocycles. The van der Waals surface area contributed by atoms with Crippen LogP contribution >= 0.6 is 0 Å². The van der Waals surface area contributed by atoms with Crippen molar-refractivity contribution in [2.75, 3.05) is 40.5 Å². The molecule has 0 aliphatic carbocycles. The van der Waals surface area contributed by atoms with Crippen LogP contribution in [0.15, 0.2) is 24.3 Å². The minimum atomic E-state index is -0.337. The van der Waals surface area contributed by atoms with Crippen LogP contribution in [0.5, 0.6) is 0 Å². The van der Waals surface area contributed by atoms with E-state index in [-0.39, 0.29) is 17.6 Å². The van der Waals surface area contributed by atoms with Gasteiger partial charge in [-0.05, 0) is 37.6 Å². The second kappa shape index (κ2) is 9.60. The molecule has 0 aromatic heterocycles. The summed E-state index contributed by atoms with van der Waals surface area (Å²) < 4.78 is 23.1. The number of hydrogen-bond acceptors (Lipinski definition) is 4. The molecule has 0 saturated carbocycles. The lowest BCUT2D eigenvalue weighted by Gasteiger charge is -2.27. The van der Waals surface area contributed by atoms with E-state index in [9.17, 15) is 9.18 Å². The summed E-state index contributed by atoms with van der Waals surface area (Å²) in [6.07, 6.45) is 0.848. The lowest BCUT2D eigenvalue weighted by molar-refractivity contribution is 0.0748. The first kappa shape index (κ1) is 17.8. The molecule has 0 amide bonds. The summed E-state index contributed by atoms with van der Waals surface area (Å²) in [6, 6.07) is 5.40. The van der Waals surface area contributed by atoms with Gasteiger partial charge < -0.3 is 9.47 Å². The number of ketones is 1. The Kier molecular flexibility index (Phi) is 8.12. The standard InChI is InChI=1S/C16H24FNO3/c1-13(16(19)14-5-7-15(17)8-6-14)18(10-12-21-3)9-4-11-20-2/h5-8,13H,4,9-12H2,1-3H3. The van der Waals surface area contributed by atoms with Crippen LogP contribution in [0.25, 0.3) is 0 Å². The van der Waals surface area contributed by atoms with Crippen molar-refractivity contribution in [3.05, 3.63) is 35.6 Å². The quantitative estimate of drug-likeness (QED) is 0.491. The summed E-state index contributed by atoms with van der Waals surface area (Å²) >= 11 is 0. The molecule has 0 N–H and O–H groups in total. The largest absolute Gasteiger partial charge is 0.385 e. The summed E-state index contributed by atoms with van der Waals surface area (Å²) in [5.74, 6) is -0.348. The summed E-state index contributed by atoms with van der Waals surface area (Å²) in [4.78, 5) is 14.5. The zero-order valence-corrected chi connectivity index (χ0v) is 13.0. The van der Waals surface area contributed by atoms with Crippen LogP contribution in [0.1, 0.15) is 23.7 Å². The number of hydrogen-bond donors (Lipinski definition) is 0. The Hall–Kier alpha value is -1.30. The fourth-order valence-corrected chi connectivity index (χ4v) is 2.14. The monoisotopic (exact) mass is 297 g/mol. The Morgan fingerprint density at radius 2 is 1.76 bits per heavy atom. The van der Waals surface area contributed by atoms with Gasteiger partial charge in [-0.3, -0.25) is 9.69 Å². The molecule has 0 aliphatic rings. The molecule has 1 aromatic carbocycles. The van der Waals surface area contributed by atoms with Crippen LogP contribution in [-0.2, 0) is 9.47 Å². The van der Waals surface area contributed by atoms with E-state index in [0.29, 0.717) is 25.3 Å². The van der Waals surface area contributed by atoms with Gasteiger partial charge in [-0.25, -0.2) is 4.39 Å². The first-order valence-electron chi connectivity index (χ1n) is 7.12. The Morgan fingerprint density at radius 1 is 1.14 bits per heavy atom. The Balaban J connectivity index is 2.70. The van der Waals surface area contributed by atoms with Crippen LogP contribution < -0.4 is 0 Å². The van der Waals surface area contributed by atoms with Crippen LogP contribution in [0.4, 0.5) is 4.39 Å². The highest BCUT2D eigenvalue weighted by Crippen LogP contribution is 2.11. The SMILES string of the molecule is COCCCN(CCOC)C(C)C(=O)c1ccc(F)cc1. The number of benzene rings is 1. The Bertz CT molecular complexity index is 422. The predicted molar refractivity (Wildman–Crippen MR) is 80.1 cm³/mol. The van der Waals surface area contributed by atoms with Gasteiger partial charge in [0.2, 0.25) is 0 Å². The lowest BCUT2D eigenvalue weighted by atomic mass is 10.0. The molecule has 1 aromatic rings. The third-order valence-corrected chi connectivity index (χ3v) is 3.43. The number of rotatable bonds is 10. The van der Waals surface area contributed by atoms with Crippen molar-refractivity contribution >= 4 is 5.78 Å². The molecular formula is C16H24FNO3. The maximum atomic E-state index is 12.9. The lowest BCUT2D eigenvalue weighted by Crippen LogP contribution is -2.41.